The summed E-state index contributed by atoms with van der Waals surface area (Å²) in [5.41, 5.74) is 9.50. The fraction of sp³-hybridized carbons (Fsp3) is 0.0392. The highest BCUT2D eigenvalue weighted by Gasteiger charge is 2.31. The summed E-state index contributed by atoms with van der Waals surface area (Å²) < 4.78 is 2.48. The van der Waals surface area contributed by atoms with Crippen LogP contribution in [0.1, 0.15) is 29.0 Å². The lowest BCUT2D eigenvalue weighted by Crippen LogP contribution is -2.45. The van der Waals surface area contributed by atoms with Crippen molar-refractivity contribution in [3.05, 3.63) is 199 Å². The van der Waals surface area contributed by atoms with Crippen LogP contribution in [0.3, 0.4) is 0 Å². The number of amidine groups is 1. The first-order chi connectivity index (χ1) is 27.3. The lowest BCUT2D eigenvalue weighted by molar-refractivity contribution is 0.410. The highest BCUT2D eigenvalue weighted by atomic mass is 15.3. The van der Waals surface area contributed by atoms with Crippen molar-refractivity contribution in [2.24, 2.45) is 4.99 Å². The number of rotatable bonds is 4. The van der Waals surface area contributed by atoms with E-state index in [0.717, 1.165) is 17.0 Å². The van der Waals surface area contributed by atoms with E-state index in [2.05, 4.69) is 197 Å². The van der Waals surface area contributed by atoms with E-state index in [1.807, 2.05) is 0 Å². The van der Waals surface area contributed by atoms with Crippen molar-refractivity contribution in [3.8, 4) is 11.1 Å². The summed E-state index contributed by atoms with van der Waals surface area (Å²) in [7, 11) is 0. The first kappa shape index (κ1) is 30.5. The lowest BCUT2D eigenvalue weighted by atomic mass is 9.87. The van der Waals surface area contributed by atoms with Crippen molar-refractivity contribution in [1.29, 1.82) is 0 Å². The second kappa shape index (κ2) is 11.7. The Balaban J connectivity index is 1.21. The van der Waals surface area contributed by atoms with Crippen LogP contribution in [0.5, 0.6) is 0 Å². The molecule has 0 amide bonds. The molecule has 2 unspecified atom stereocenters. The van der Waals surface area contributed by atoms with Crippen molar-refractivity contribution in [3.63, 3.8) is 0 Å². The van der Waals surface area contributed by atoms with E-state index in [1.54, 1.807) is 0 Å². The van der Waals surface area contributed by atoms with Crippen LogP contribution in [-0.4, -0.2) is 10.2 Å². The quantitative estimate of drug-likeness (QED) is 0.179. The molecule has 2 N–H and O–H groups in total. The minimum absolute atomic E-state index is 0.250. The smallest absolute Gasteiger partial charge is 0.131 e. The van der Waals surface area contributed by atoms with Crippen molar-refractivity contribution in [1.82, 2.24) is 15.0 Å². The van der Waals surface area contributed by atoms with Gasteiger partial charge in [-0.1, -0.05) is 158 Å². The van der Waals surface area contributed by atoms with Crippen molar-refractivity contribution in [2.75, 3.05) is 0 Å². The Labute approximate surface area is 317 Å². The second-order valence-corrected chi connectivity index (χ2v) is 14.7. The van der Waals surface area contributed by atoms with Gasteiger partial charge in [-0.3, -0.25) is 5.32 Å². The van der Waals surface area contributed by atoms with Gasteiger partial charge < -0.3 is 9.72 Å². The van der Waals surface area contributed by atoms with Gasteiger partial charge in [0, 0.05) is 27.1 Å². The van der Waals surface area contributed by atoms with E-state index in [9.17, 15) is 0 Å². The maximum atomic E-state index is 5.29. The summed E-state index contributed by atoms with van der Waals surface area (Å²) in [6, 6.07) is 66.1. The van der Waals surface area contributed by atoms with E-state index in [0.29, 0.717) is 0 Å². The molecule has 258 valence electrons. The molecule has 2 aromatic heterocycles. The van der Waals surface area contributed by atoms with Crippen LogP contribution in [0.4, 0.5) is 0 Å². The summed E-state index contributed by atoms with van der Waals surface area (Å²) in [5, 5.41) is 20.6. The molecular formula is C51H34N4. The molecular weight excluding hydrogens is 669 g/mol. The second-order valence-electron chi connectivity index (χ2n) is 14.7. The molecule has 0 spiro atoms. The Kier molecular flexibility index (Phi) is 6.50. The number of fused-ring (bicyclic) bond motifs is 12. The monoisotopic (exact) mass is 702 g/mol. The normalized spacial score (nSPS) is 16.2. The summed E-state index contributed by atoms with van der Waals surface area (Å²) >= 11 is 0. The van der Waals surface area contributed by atoms with Gasteiger partial charge in [0.2, 0.25) is 0 Å². The minimum Gasteiger partial charge on any atom is -0.350 e. The fourth-order valence-electron chi connectivity index (χ4n) is 9.41. The van der Waals surface area contributed by atoms with Crippen molar-refractivity contribution >= 4 is 76.2 Å². The molecule has 4 heteroatoms. The van der Waals surface area contributed by atoms with Gasteiger partial charge in [0.05, 0.1) is 16.6 Å². The van der Waals surface area contributed by atoms with Crippen LogP contribution in [0, 0.1) is 0 Å². The number of nitrogens with zero attached hydrogens (tertiary/aromatic N) is 2. The summed E-state index contributed by atoms with van der Waals surface area (Å²) in [4.78, 5) is 5.29. The summed E-state index contributed by atoms with van der Waals surface area (Å²) in [6.07, 6.45) is -0.507. The van der Waals surface area contributed by atoms with Crippen LogP contribution < -0.4 is 10.6 Å². The first-order valence-corrected chi connectivity index (χ1v) is 19.0. The average Bonchev–Trinajstić information content (AvgIpc) is 3.79. The molecule has 0 bridgehead atoms. The van der Waals surface area contributed by atoms with Gasteiger partial charge in [-0.25, -0.2) is 4.99 Å². The predicted octanol–water partition coefficient (Wildman–Crippen LogP) is 12.3. The highest BCUT2D eigenvalue weighted by Crippen LogP contribution is 2.48. The standard InChI is InChI=1S/C51H34N4/c1-3-15-31(16-4-1)49-52-50(32-17-5-2-6-18-32)54-51(53-49)43-30-42-39-23-11-13-25-44(39)55-45-26-14-12-24-40(45)47(48(42)55)46(43)33-27-28-38-36-21-8-7-19-34(36)35-20-9-10-22-37(35)41(38)29-33/h1-30,49,51,53H,(H,52,54). The largest absolute Gasteiger partial charge is 0.350 e. The predicted molar refractivity (Wildman–Crippen MR) is 230 cm³/mol. The molecule has 4 nitrogen and oxygen atoms in total. The maximum absolute atomic E-state index is 5.29. The van der Waals surface area contributed by atoms with Crippen molar-refractivity contribution in [2.45, 2.75) is 12.3 Å². The van der Waals surface area contributed by atoms with Gasteiger partial charge in [0.25, 0.3) is 0 Å². The molecule has 2 atom stereocenters. The van der Waals surface area contributed by atoms with E-state index in [-0.39, 0.29) is 12.3 Å². The molecule has 0 saturated carbocycles. The Morgan fingerprint density at radius 1 is 0.436 bits per heavy atom. The van der Waals surface area contributed by atoms with Gasteiger partial charge in [-0.2, -0.15) is 0 Å². The molecule has 0 saturated heterocycles. The van der Waals surface area contributed by atoms with Gasteiger partial charge in [-0.15, -0.1) is 0 Å². The van der Waals surface area contributed by atoms with Gasteiger partial charge in [0.1, 0.15) is 18.2 Å². The van der Waals surface area contributed by atoms with Crippen molar-refractivity contribution < 1.29 is 0 Å². The average molecular weight is 703 g/mol. The first-order valence-electron chi connectivity index (χ1n) is 19.0. The third kappa shape index (κ3) is 4.46. The van der Waals surface area contributed by atoms with Crippen LogP contribution in [0.15, 0.2) is 187 Å². The Bertz CT molecular complexity index is 3290. The molecule has 1 aliphatic rings. The van der Waals surface area contributed by atoms with E-state index >= 15 is 0 Å². The number of aromatic nitrogens is 1. The number of hydrogen-bond acceptors (Lipinski definition) is 3. The third-order valence-electron chi connectivity index (χ3n) is 11.8. The molecule has 9 aromatic carbocycles. The topological polar surface area (TPSA) is 40.8 Å². The van der Waals surface area contributed by atoms with Crippen LogP contribution >= 0.6 is 0 Å². The Morgan fingerprint density at radius 2 is 0.982 bits per heavy atom. The van der Waals surface area contributed by atoms with Gasteiger partial charge >= 0.3 is 0 Å². The zero-order valence-electron chi connectivity index (χ0n) is 29.9. The molecule has 0 radical (unpaired) electrons. The Morgan fingerprint density at radius 3 is 1.67 bits per heavy atom. The maximum Gasteiger partial charge on any atom is 0.131 e. The highest BCUT2D eigenvalue weighted by molar-refractivity contribution is 6.29. The molecule has 11 aromatic rings. The van der Waals surface area contributed by atoms with Crippen LogP contribution in [-0.2, 0) is 0 Å². The molecule has 3 heterocycles. The minimum atomic E-state index is -0.257. The third-order valence-corrected chi connectivity index (χ3v) is 11.8. The number of para-hydroxylation sites is 2. The lowest BCUT2D eigenvalue weighted by Gasteiger charge is -2.33. The molecule has 0 fully saturated rings. The zero-order chi connectivity index (χ0) is 36.0. The SMILES string of the molecule is c1ccc(C2=NC(c3ccccc3)NC(c3cc4c5ccccc5n5c6ccccc6c(c3-c3ccc6c7ccccc7c7ccccc7c6c3)c45)N2)cc1. The number of aliphatic imine (C=N–C) groups is 1. The summed E-state index contributed by atoms with van der Waals surface area (Å²) in [5.74, 6) is 0.875. The van der Waals surface area contributed by atoms with E-state index in [4.69, 9.17) is 4.99 Å². The van der Waals surface area contributed by atoms with Gasteiger partial charge in [-0.05, 0) is 78.8 Å². The molecule has 1 aliphatic heterocycles. The fourth-order valence-corrected chi connectivity index (χ4v) is 9.41. The van der Waals surface area contributed by atoms with Crippen LogP contribution in [0.2, 0.25) is 0 Å². The number of hydrogen-bond donors (Lipinski definition) is 2. The Hall–Kier alpha value is -7.01. The molecule has 12 rings (SSSR count). The number of benzene rings is 9. The summed E-state index contributed by atoms with van der Waals surface area (Å²) in [6.45, 7) is 0. The molecule has 0 aliphatic carbocycles. The van der Waals surface area contributed by atoms with Gasteiger partial charge in [0.15, 0.2) is 0 Å². The zero-order valence-corrected chi connectivity index (χ0v) is 29.9. The molecule has 55 heavy (non-hydrogen) atoms. The van der Waals surface area contributed by atoms with E-state index < -0.39 is 0 Å². The van der Waals surface area contributed by atoms with Crippen LogP contribution in [0.25, 0.3) is 81.5 Å². The van der Waals surface area contributed by atoms with E-state index in [1.165, 1.54) is 87.1 Å². The number of nitrogens with one attached hydrogen (secondary N) is 2.